The van der Waals surface area contributed by atoms with Gasteiger partial charge in [0.2, 0.25) is 5.88 Å². The fourth-order valence-corrected chi connectivity index (χ4v) is 3.91. The van der Waals surface area contributed by atoms with E-state index in [4.69, 9.17) is 4.74 Å². The van der Waals surface area contributed by atoms with Crippen LogP contribution in [-0.4, -0.2) is 44.5 Å². The highest BCUT2D eigenvalue weighted by Gasteiger charge is 2.20. The molecule has 0 aliphatic heterocycles. The van der Waals surface area contributed by atoms with Gasteiger partial charge in [-0.1, -0.05) is 24.3 Å². The highest BCUT2D eigenvalue weighted by Crippen LogP contribution is 2.25. The lowest BCUT2D eigenvalue weighted by Crippen LogP contribution is -2.14. The summed E-state index contributed by atoms with van der Waals surface area (Å²) >= 11 is 0. The number of hydrogen-bond donors (Lipinski definition) is 1. The predicted octanol–water partition coefficient (Wildman–Crippen LogP) is 3.01. The van der Waals surface area contributed by atoms with Crippen molar-refractivity contribution in [2.24, 2.45) is 0 Å². The van der Waals surface area contributed by atoms with Gasteiger partial charge in [-0.05, 0) is 43.9 Å². The summed E-state index contributed by atoms with van der Waals surface area (Å²) in [6, 6.07) is 14.3. The average molecular weight is 398 g/mol. The van der Waals surface area contributed by atoms with Gasteiger partial charge < -0.3 is 9.64 Å². The topological polar surface area (TPSA) is 84.4 Å². The lowest BCUT2D eigenvalue weighted by Gasteiger charge is -2.12. The van der Waals surface area contributed by atoms with E-state index < -0.39 is 10.0 Å². The summed E-state index contributed by atoms with van der Waals surface area (Å²) in [5, 5.41) is 0. The summed E-state index contributed by atoms with van der Waals surface area (Å²) in [6.45, 7) is 0.848. The maximum Gasteiger partial charge on any atom is 0.267 e. The summed E-state index contributed by atoms with van der Waals surface area (Å²) in [5.41, 5.74) is 3.18. The van der Waals surface area contributed by atoms with Crippen LogP contribution in [0.15, 0.2) is 65.8 Å². The number of benzene rings is 1. The molecule has 2 heterocycles. The Hall–Kier alpha value is -2.97. The first kappa shape index (κ1) is 19.8. The standard InChI is InChI=1S/C20H22N4O3S/c1-24(2)14-15-6-8-16(9-7-15)18-13-17(10-12-21-18)23-28(25,26)19-5-4-11-22-20(19)27-3/h4-13H,14H2,1-3H3,(H,21,23). The monoisotopic (exact) mass is 398 g/mol. The zero-order valence-electron chi connectivity index (χ0n) is 16.0. The van der Waals surface area contributed by atoms with Gasteiger partial charge in [0.25, 0.3) is 10.0 Å². The number of aromatic nitrogens is 2. The molecule has 28 heavy (non-hydrogen) atoms. The van der Waals surface area contributed by atoms with E-state index in [1.807, 2.05) is 38.4 Å². The van der Waals surface area contributed by atoms with Crippen molar-refractivity contribution in [3.8, 4) is 17.1 Å². The minimum Gasteiger partial charge on any atom is -0.480 e. The van der Waals surface area contributed by atoms with Crippen molar-refractivity contribution in [2.75, 3.05) is 25.9 Å². The van der Waals surface area contributed by atoms with E-state index in [1.165, 1.54) is 24.9 Å². The lowest BCUT2D eigenvalue weighted by atomic mass is 10.1. The first-order valence-electron chi connectivity index (χ1n) is 8.61. The van der Waals surface area contributed by atoms with Crippen molar-refractivity contribution in [2.45, 2.75) is 11.4 Å². The summed E-state index contributed by atoms with van der Waals surface area (Å²) in [5.74, 6) is 0.0424. The van der Waals surface area contributed by atoms with Gasteiger partial charge in [0.05, 0.1) is 18.5 Å². The van der Waals surface area contributed by atoms with E-state index in [0.717, 1.165) is 12.1 Å². The van der Waals surface area contributed by atoms with Gasteiger partial charge in [0.1, 0.15) is 4.90 Å². The molecule has 0 unspecified atom stereocenters. The average Bonchev–Trinajstić information content (AvgIpc) is 2.68. The molecule has 0 aliphatic carbocycles. The van der Waals surface area contributed by atoms with Crippen molar-refractivity contribution < 1.29 is 13.2 Å². The second kappa shape index (κ2) is 8.37. The number of anilines is 1. The quantitative estimate of drug-likeness (QED) is 0.659. The van der Waals surface area contributed by atoms with Crippen LogP contribution in [0.5, 0.6) is 5.88 Å². The number of nitrogens with zero attached hydrogens (tertiary/aromatic N) is 3. The van der Waals surface area contributed by atoms with Gasteiger partial charge in [0.15, 0.2) is 0 Å². The summed E-state index contributed by atoms with van der Waals surface area (Å²) < 4.78 is 33.1. The SMILES string of the molecule is COc1ncccc1S(=O)(=O)Nc1ccnc(-c2ccc(CN(C)C)cc2)c1. The fraction of sp³-hybridized carbons (Fsp3) is 0.200. The third-order valence-electron chi connectivity index (χ3n) is 3.98. The van der Waals surface area contributed by atoms with Gasteiger partial charge in [0, 0.05) is 24.5 Å². The van der Waals surface area contributed by atoms with Gasteiger partial charge in [-0.25, -0.2) is 13.4 Å². The molecule has 0 atom stereocenters. The Morgan fingerprint density at radius 3 is 2.46 bits per heavy atom. The Morgan fingerprint density at radius 1 is 1.04 bits per heavy atom. The molecular formula is C20H22N4O3S. The van der Waals surface area contributed by atoms with Crippen LogP contribution < -0.4 is 9.46 Å². The molecule has 146 valence electrons. The zero-order chi connectivity index (χ0) is 20.1. The lowest BCUT2D eigenvalue weighted by molar-refractivity contribution is 0.385. The number of ether oxygens (including phenoxy) is 1. The Labute approximate surface area is 165 Å². The Kier molecular flexibility index (Phi) is 5.91. The highest BCUT2D eigenvalue weighted by atomic mass is 32.2. The van der Waals surface area contributed by atoms with Crippen LogP contribution in [0.25, 0.3) is 11.3 Å². The van der Waals surface area contributed by atoms with Gasteiger partial charge in [-0.3, -0.25) is 9.71 Å². The Balaban J connectivity index is 1.85. The summed E-state index contributed by atoms with van der Waals surface area (Å²) in [7, 11) is 1.57. The molecule has 0 fully saturated rings. The van der Waals surface area contributed by atoms with Crippen LogP contribution >= 0.6 is 0 Å². The molecule has 8 heteroatoms. The molecule has 3 rings (SSSR count). The summed E-state index contributed by atoms with van der Waals surface area (Å²) in [4.78, 5) is 10.4. The third-order valence-corrected chi connectivity index (χ3v) is 5.37. The summed E-state index contributed by atoms with van der Waals surface area (Å²) in [6.07, 6.45) is 3.05. The maximum atomic E-state index is 12.7. The van der Waals surface area contributed by atoms with Crippen LogP contribution in [0.4, 0.5) is 5.69 Å². The van der Waals surface area contributed by atoms with Crippen LogP contribution in [0.1, 0.15) is 5.56 Å². The third kappa shape index (κ3) is 4.65. The molecule has 7 nitrogen and oxygen atoms in total. The van der Waals surface area contributed by atoms with E-state index in [9.17, 15) is 8.42 Å². The molecule has 0 amide bonds. The second-order valence-electron chi connectivity index (χ2n) is 6.48. The molecule has 0 bridgehead atoms. The van der Waals surface area contributed by atoms with Gasteiger partial charge in [-0.15, -0.1) is 0 Å². The van der Waals surface area contributed by atoms with E-state index >= 15 is 0 Å². The second-order valence-corrected chi connectivity index (χ2v) is 8.13. The molecule has 0 saturated heterocycles. The zero-order valence-corrected chi connectivity index (χ0v) is 16.8. The molecular weight excluding hydrogens is 376 g/mol. The van der Waals surface area contributed by atoms with Crippen molar-refractivity contribution in [1.82, 2.24) is 14.9 Å². The highest BCUT2D eigenvalue weighted by molar-refractivity contribution is 7.92. The van der Waals surface area contributed by atoms with Crippen LogP contribution in [0.3, 0.4) is 0 Å². The first-order chi connectivity index (χ1) is 13.4. The molecule has 0 saturated carbocycles. The number of methoxy groups -OCH3 is 1. The van der Waals surface area contributed by atoms with Crippen LogP contribution in [0, 0.1) is 0 Å². The predicted molar refractivity (Wildman–Crippen MR) is 109 cm³/mol. The number of pyridine rings is 2. The largest absolute Gasteiger partial charge is 0.480 e. The van der Waals surface area contributed by atoms with E-state index in [0.29, 0.717) is 11.4 Å². The van der Waals surface area contributed by atoms with Gasteiger partial charge >= 0.3 is 0 Å². The molecule has 0 radical (unpaired) electrons. The fourth-order valence-electron chi connectivity index (χ4n) is 2.74. The molecule has 1 N–H and O–H groups in total. The van der Waals surface area contributed by atoms with Gasteiger partial charge in [-0.2, -0.15) is 0 Å². The van der Waals surface area contributed by atoms with Crippen molar-refractivity contribution in [1.29, 1.82) is 0 Å². The smallest absolute Gasteiger partial charge is 0.267 e. The van der Waals surface area contributed by atoms with Crippen LogP contribution in [0.2, 0.25) is 0 Å². The van der Waals surface area contributed by atoms with E-state index in [-0.39, 0.29) is 10.8 Å². The first-order valence-corrected chi connectivity index (χ1v) is 10.1. The van der Waals surface area contributed by atoms with Crippen molar-refractivity contribution >= 4 is 15.7 Å². The Morgan fingerprint density at radius 2 is 1.79 bits per heavy atom. The number of hydrogen-bond acceptors (Lipinski definition) is 6. The molecule has 0 spiro atoms. The minimum atomic E-state index is -3.85. The van der Waals surface area contributed by atoms with Crippen LogP contribution in [-0.2, 0) is 16.6 Å². The van der Waals surface area contributed by atoms with E-state index in [1.54, 1.807) is 24.4 Å². The normalized spacial score (nSPS) is 11.4. The number of sulfonamides is 1. The molecule has 1 aromatic carbocycles. The van der Waals surface area contributed by atoms with Crippen molar-refractivity contribution in [3.63, 3.8) is 0 Å². The number of nitrogens with one attached hydrogen (secondary N) is 1. The maximum absolute atomic E-state index is 12.7. The molecule has 2 aromatic heterocycles. The molecule has 0 aliphatic rings. The van der Waals surface area contributed by atoms with Crippen molar-refractivity contribution in [3.05, 3.63) is 66.5 Å². The molecule has 3 aromatic rings. The van der Waals surface area contributed by atoms with E-state index in [2.05, 4.69) is 19.6 Å². The number of rotatable bonds is 7. The minimum absolute atomic E-state index is 0.0242. The Bertz CT molecular complexity index is 1050.